The van der Waals surface area contributed by atoms with Gasteiger partial charge in [-0.05, 0) is 43.1 Å². The van der Waals surface area contributed by atoms with Gasteiger partial charge in [0.15, 0.2) is 5.75 Å². The van der Waals surface area contributed by atoms with Crippen LogP contribution in [0.25, 0.3) is 0 Å². The zero-order valence-corrected chi connectivity index (χ0v) is 15.1. The third kappa shape index (κ3) is 4.80. The number of hydrogen-bond acceptors (Lipinski definition) is 5. The molecule has 6 nitrogen and oxygen atoms in total. The predicted octanol–water partition coefficient (Wildman–Crippen LogP) is 3.36. The van der Waals surface area contributed by atoms with Crippen molar-refractivity contribution in [2.24, 2.45) is 0 Å². The summed E-state index contributed by atoms with van der Waals surface area (Å²) in [5.74, 6) is 0.299. The first-order chi connectivity index (χ1) is 12.7. The SMILES string of the molecule is COc1ccc(CNC2CCN(Cc3ccccc3)CC2)cc1[N+](=O)[O-]. The van der Waals surface area contributed by atoms with Gasteiger partial charge in [0.05, 0.1) is 12.0 Å². The van der Waals surface area contributed by atoms with Gasteiger partial charge in [-0.15, -0.1) is 0 Å². The van der Waals surface area contributed by atoms with E-state index >= 15 is 0 Å². The van der Waals surface area contributed by atoms with E-state index in [-0.39, 0.29) is 5.69 Å². The van der Waals surface area contributed by atoms with Crippen molar-refractivity contribution in [2.75, 3.05) is 20.2 Å². The van der Waals surface area contributed by atoms with Crippen LogP contribution in [-0.2, 0) is 13.1 Å². The Kier molecular flexibility index (Phi) is 6.20. The first-order valence-corrected chi connectivity index (χ1v) is 8.96. The van der Waals surface area contributed by atoms with Gasteiger partial charge >= 0.3 is 5.69 Å². The molecule has 1 fully saturated rings. The third-order valence-corrected chi connectivity index (χ3v) is 4.87. The summed E-state index contributed by atoms with van der Waals surface area (Å²) in [6, 6.07) is 16.1. The summed E-state index contributed by atoms with van der Waals surface area (Å²) in [6.07, 6.45) is 2.18. The Hall–Kier alpha value is -2.44. The Balaban J connectivity index is 1.48. The van der Waals surface area contributed by atoms with Gasteiger partial charge in [-0.2, -0.15) is 0 Å². The summed E-state index contributed by atoms with van der Waals surface area (Å²) in [6.45, 7) is 3.76. The van der Waals surface area contributed by atoms with E-state index in [1.165, 1.54) is 12.7 Å². The molecule has 0 bridgehead atoms. The molecule has 26 heavy (non-hydrogen) atoms. The van der Waals surface area contributed by atoms with Crippen molar-refractivity contribution in [3.8, 4) is 5.75 Å². The normalized spacial score (nSPS) is 15.7. The number of hydrogen-bond donors (Lipinski definition) is 1. The number of rotatable bonds is 7. The first-order valence-electron chi connectivity index (χ1n) is 8.96. The average Bonchev–Trinajstić information content (AvgIpc) is 2.68. The van der Waals surface area contributed by atoms with Crippen molar-refractivity contribution in [1.82, 2.24) is 10.2 Å². The average molecular weight is 355 g/mol. The maximum Gasteiger partial charge on any atom is 0.311 e. The molecule has 0 spiro atoms. The van der Waals surface area contributed by atoms with E-state index in [2.05, 4.69) is 34.5 Å². The van der Waals surface area contributed by atoms with Gasteiger partial charge in [0.25, 0.3) is 0 Å². The second-order valence-corrected chi connectivity index (χ2v) is 6.68. The van der Waals surface area contributed by atoms with Crippen LogP contribution in [0.1, 0.15) is 24.0 Å². The van der Waals surface area contributed by atoms with Crippen molar-refractivity contribution in [3.05, 3.63) is 69.8 Å². The van der Waals surface area contributed by atoms with Crippen LogP contribution in [0, 0.1) is 10.1 Å². The van der Waals surface area contributed by atoms with E-state index in [1.807, 2.05) is 12.1 Å². The van der Waals surface area contributed by atoms with Crippen molar-refractivity contribution in [3.63, 3.8) is 0 Å². The third-order valence-electron chi connectivity index (χ3n) is 4.87. The van der Waals surface area contributed by atoms with Gasteiger partial charge in [-0.25, -0.2) is 0 Å². The van der Waals surface area contributed by atoms with Crippen LogP contribution < -0.4 is 10.1 Å². The first kappa shape index (κ1) is 18.4. The molecule has 0 amide bonds. The topological polar surface area (TPSA) is 67.6 Å². The lowest BCUT2D eigenvalue weighted by molar-refractivity contribution is -0.385. The van der Waals surface area contributed by atoms with Gasteiger partial charge in [-0.1, -0.05) is 36.4 Å². The van der Waals surface area contributed by atoms with E-state index in [0.29, 0.717) is 18.3 Å². The molecule has 2 aromatic rings. The molecule has 1 aliphatic rings. The lowest BCUT2D eigenvalue weighted by Gasteiger charge is -2.32. The van der Waals surface area contributed by atoms with Crippen LogP contribution in [0.4, 0.5) is 5.69 Å². The van der Waals surface area contributed by atoms with Crippen molar-refractivity contribution >= 4 is 5.69 Å². The highest BCUT2D eigenvalue weighted by molar-refractivity contribution is 5.48. The molecule has 0 unspecified atom stereocenters. The fourth-order valence-corrected chi connectivity index (χ4v) is 3.39. The minimum atomic E-state index is -0.398. The van der Waals surface area contributed by atoms with Gasteiger partial charge in [0.2, 0.25) is 0 Å². The molecule has 0 atom stereocenters. The molecule has 0 saturated carbocycles. The van der Waals surface area contributed by atoms with Gasteiger partial charge in [-0.3, -0.25) is 15.0 Å². The zero-order chi connectivity index (χ0) is 18.4. The highest BCUT2D eigenvalue weighted by Gasteiger charge is 2.20. The second-order valence-electron chi connectivity index (χ2n) is 6.68. The number of nitro benzene ring substituents is 1. The summed E-state index contributed by atoms with van der Waals surface area (Å²) in [7, 11) is 1.45. The highest BCUT2D eigenvalue weighted by Crippen LogP contribution is 2.27. The van der Waals surface area contributed by atoms with Crippen molar-refractivity contribution in [2.45, 2.75) is 32.0 Å². The van der Waals surface area contributed by atoms with Crippen LogP contribution in [0.2, 0.25) is 0 Å². The van der Waals surface area contributed by atoms with Crippen molar-refractivity contribution < 1.29 is 9.66 Å². The number of likely N-dealkylation sites (tertiary alicyclic amines) is 1. The molecule has 2 aromatic carbocycles. The number of nitro groups is 1. The minimum Gasteiger partial charge on any atom is -0.490 e. The molecule has 0 aliphatic carbocycles. The zero-order valence-electron chi connectivity index (χ0n) is 15.1. The van der Waals surface area contributed by atoms with Crippen LogP contribution >= 0.6 is 0 Å². The van der Waals surface area contributed by atoms with E-state index < -0.39 is 4.92 Å². The number of nitrogens with one attached hydrogen (secondary N) is 1. The summed E-state index contributed by atoms with van der Waals surface area (Å²) in [5, 5.41) is 14.7. The maximum atomic E-state index is 11.1. The quantitative estimate of drug-likeness (QED) is 0.609. The Morgan fingerprint density at radius 1 is 1.15 bits per heavy atom. The Morgan fingerprint density at radius 2 is 1.88 bits per heavy atom. The van der Waals surface area contributed by atoms with Crippen LogP contribution in [0.15, 0.2) is 48.5 Å². The Morgan fingerprint density at radius 3 is 2.54 bits per heavy atom. The summed E-state index contributed by atoms with van der Waals surface area (Å²) in [5.41, 5.74) is 2.28. The van der Waals surface area contributed by atoms with Crippen LogP contribution in [0.5, 0.6) is 5.75 Å². The minimum absolute atomic E-state index is 0.0180. The monoisotopic (exact) mass is 355 g/mol. The molecule has 1 saturated heterocycles. The number of ether oxygens (including phenoxy) is 1. The largest absolute Gasteiger partial charge is 0.490 e. The molecule has 6 heteroatoms. The van der Waals surface area contributed by atoms with Gasteiger partial charge in [0.1, 0.15) is 0 Å². The molecular formula is C20H25N3O3. The number of benzene rings is 2. The van der Waals surface area contributed by atoms with Gasteiger partial charge < -0.3 is 10.1 Å². The molecular weight excluding hydrogens is 330 g/mol. The highest BCUT2D eigenvalue weighted by atomic mass is 16.6. The molecule has 1 N–H and O–H groups in total. The molecule has 1 aliphatic heterocycles. The second kappa shape index (κ2) is 8.78. The number of methoxy groups -OCH3 is 1. The summed E-state index contributed by atoms with van der Waals surface area (Å²) >= 11 is 0. The van der Waals surface area contributed by atoms with E-state index in [1.54, 1.807) is 12.1 Å². The predicted molar refractivity (Wildman–Crippen MR) is 101 cm³/mol. The van der Waals surface area contributed by atoms with Gasteiger partial charge in [0, 0.05) is 25.2 Å². The molecule has 3 rings (SSSR count). The van der Waals surface area contributed by atoms with Crippen LogP contribution in [0.3, 0.4) is 0 Å². The fourth-order valence-electron chi connectivity index (χ4n) is 3.39. The maximum absolute atomic E-state index is 11.1. The lowest BCUT2D eigenvalue weighted by atomic mass is 10.0. The number of piperidine rings is 1. The van der Waals surface area contributed by atoms with E-state index in [0.717, 1.165) is 38.0 Å². The Bertz CT molecular complexity index is 728. The smallest absolute Gasteiger partial charge is 0.311 e. The molecule has 138 valence electrons. The Labute approximate surface area is 153 Å². The van der Waals surface area contributed by atoms with E-state index in [4.69, 9.17) is 4.74 Å². The fraction of sp³-hybridized carbons (Fsp3) is 0.400. The summed E-state index contributed by atoms with van der Waals surface area (Å²) in [4.78, 5) is 13.2. The summed E-state index contributed by atoms with van der Waals surface area (Å²) < 4.78 is 5.05. The molecule has 0 aromatic heterocycles. The molecule has 0 radical (unpaired) electrons. The van der Waals surface area contributed by atoms with Crippen molar-refractivity contribution in [1.29, 1.82) is 0 Å². The molecule has 1 heterocycles. The van der Waals surface area contributed by atoms with Crippen LogP contribution in [-0.4, -0.2) is 36.1 Å². The standard InChI is InChI=1S/C20H25N3O3/c1-26-20-8-7-17(13-19(20)23(24)25)14-21-18-9-11-22(12-10-18)15-16-5-3-2-4-6-16/h2-8,13,18,21H,9-12,14-15H2,1H3. The number of nitrogens with zero attached hydrogens (tertiary/aromatic N) is 2. The van der Waals surface area contributed by atoms with E-state index in [9.17, 15) is 10.1 Å². The lowest BCUT2D eigenvalue weighted by Crippen LogP contribution is -2.41.